The summed E-state index contributed by atoms with van der Waals surface area (Å²) in [5.74, 6) is 1.21. The monoisotopic (exact) mass is 241 g/mol. The van der Waals surface area contributed by atoms with E-state index in [1.54, 1.807) is 14.2 Å². The van der Waals surface area contributed by atoms with Crippen molar-refractivity contribution >= 4 is 11.6 Å². The summed E-state index contributed by atoms with van der Waals surface area (Å²) in [6.45, 7) is 0. The summed E-state index contributed by atoms with van der Waals surface area (Å²) in [6.07, 6.45) is 3.17. The molecule has 0 aromatic heterocycles. The van der Waals surface area contributed by atoms with Crippen LogP contribution in [0.1, 0.15) is 24.8 Å². The highest BCUT2D eigenvalue weighted by molar-refractivity contribution is 6.32. The molecule has 0 spiro atoms. The largest absolute Gasteiger partial charge is 0.493 e. The van der Waals surface area contributed by atoms with Gasteiger partial charge < -0.3 is 15.2 Å². The second-order valence-electron chi connectivity index (χ2n) is 4.20. The Hall–Kier alpha value is -0.930. The molecule has 1 aliphatic carbocycles. The van der Waals surface area contributed by atoms with Crippen LogP contribution in [-0.2, 0) is 5.54 Å². The van der Waals surface area contributed by atoms with Crippen molar-refractivity contribution in [3.8, 4) is 11.5 Å². The molecule has 2 N–H and O–H groups in total. The predicted molar refractivity (Wildman–Crippen MR) is 64.3 cm³/mol. The smallest absolute Gasteiger partial charge is 0.179 e. The van der Waals surface area contributed by atoms with Crippen LogP contribution in [0.3, 0.4) is 0 Å². The van der Waals surface area contributed by atoms with Gasteiger partial charge in [0.25, 0.3) is 0 Å². The van der Waals surface area contributed by atoms with Crippen molar-refractivity contribution in [2.45, 2.75) is 24.8 Å². The van der Waals surface area contributed by atoms with E-state index in [9.17, 15) is 0 Å². The molecule has 0 atom stereocenters. The van der Waals surface area contributed by atoms with E-state index in [0.29, 0.717) is 16.5 Å². The van der Waals surface area contributed by atoms with Crippen LogP contribution in [0, 0.1) is 0 Å². The van der Waals surface area contributed by atoms with Gasteiger partial charge in [-0.25, -0.2) is 0 Å². The maximum Gasteiger partial charge on any atom is 0.179 e. The van der Waals surface area contributed by atoms with Gasteiger partial charge in [-0.05, 0) is 37.0 Å². The molecule has 4 heteroatoms. The Balaban J connectivity index is 2.45. The summed E-state index contributed by atoms with van der Waals surface area (Å²) in [5.41, 5.74) is 7.05. The maximum absolute atomic E-state index is 6.25. The maximum atomic E-state index is 6.25. The summed E-state index contributed by atoms with van der Waals surface area (Å²) in [4.78, 5) is 0. The van der Waals surface area contributed by atoms with Gasteiger partial charge in [-0.15, -0.1) is 0 Å². The SMILES string of the molecule is COc1cc(C2(N)CCC2)cc(Cl)c1OC. The van der Waals surface area contributed by atoms with E-state index in [2.05, 4.69) is 0 Å². The van der Waals surface area contributed by atoms with Gasteiger partial charge in [-0.2, -0.15) is 0 Å². The number of halogens is 1. The Morgan fingerprint density at radius 2 is 1.94 bits per heavy atom. The Kier molecular flexibility index (Phi) is 3.00. The number of rotatable bonds is 3. The minimum Gasteiger partial charge on any atom is -0.493 e. The molecular weight excluding hydrogens is 226 g/mol. The zero-order chi connectivity index (χ0) is 11.8. The first-order valence-electron chi connectivity index (χ1n) is 5.31. The Morgan fingerprint density at radius 1 is 1.25 bits per heavy atom. The number of ether oxygens (including phenoxy) is 2. The lowest BCUT2D eigenvalue weighted by molar-refractivity contribution is 0.252. The second kappa shape index (κ2) is 4.15. The molecule has 1 aliphatic rings. The molecule has 0 saturated heterocycles. The normalized spacial score (nSPS) is 17.8. The van der Waals surface area contributed by atoms with Crippen molar-refractivity contribution in [2.75, 3.05) is 14.2 Å². The summed E-state index contributed by atoms with van der Waals surface area (Å²) in [7, 11) is 3.17. The average molecular weight is 242 g/mol. The first-order chi connectivity index (χ1) is 7.60. The molecule has 3 nitrogen and oxygen atoms in total. The number of hydrogen-bond acceptors (Lipinski definition) is 3. The molecule has 2 rings (SSSR count). The predicted octanol–water partition coefficient (Wildman–Crippen LogP) is 2.70. The van der Waals surface area contributed by atoms with Crippen LogP contribution in [0.2, 0.25) is 5.02 Å². The van der Waals surface area contributed by atoms with Crippen LogP contribution < -0.4 is 15.2 Å². The topological polar surface area (TPSA) is 44.5 Å². The highest BCUT2D eigenvalue weighted by Gasteiger charge is 2.35. The van der Waals surface area contributed by atoms with Gasteiger partial charge in [-0.3, -0.25) is 0 Å². The lowest BCUT2D eigenvalue weighted by Crippen LogP contribution is -2.43. The van der Waals surface area contributed by atoms with E-state index < -0.39 is 0 Å². The molecule has 16 heavy (non-hydrogen) atoms. The summed E-state index contributed by atoms with van der Waals surface area (Å²) in [6, 6.07) is 3.80. The molecule has 0 aliphatic heterocycles. The van der Waals surface area contributed by atoms with Crippen molar-refractivity contribution in [1.82, 2.24) is 0 Å². The van der Waals surface area contributed by atoms with Crippen molar-refractivity contribution < 1.29 is 9.47 Å². The average Bonchev–Trinajstić information content (AvgIpc) is 2.24. The third-order valence-electron chi connectivity index (χ3n) is 3.25. The standard InChI is InChI=1S/C12H16ClNO2/c1-15-10-7-8(12(14)4-3-5-12)6-9(13)11(10)16-2/h6-7H,3-5,14H2,1-2H3. The molecule has 1 aromatic carbocycles. The highest BCUT2D eigenvalue weighted by atomic mass is 35.5. The number of hydrogen-bond donors (Lipinski definition) is 1. The fraction of sp³-hybridized carbons (Fsp3) is 0.500. The van der Waals surface area contributed by atoms with Gasteiger partial charge in [0.15, 0.2) is 11.5 Å². The Labute approximate surface area is 100 Å². The van der Waals surface area contributed by atoms with E-state index >= 15 is 0 Å². The van der Waals surface area contributed by atoms with Crippen LogP contribution in [-0.4, -0.2) is 14.2 Å². The Morgan fingerprint density at radius 3 is 2.38 bits per heavy atom. The van der Waals surface area contributed by atoms with Crippen molar-refractivity contribution in [2.24, 2.45) is 5.73 Å². The molecule has 1 aromatic rings. The molecule has 0 amide bonds. The first-order valence-corrected chi connectivity index (χ1v) is 5.69. The zero-order valence-electron chi connectivity index (χ0n) is 9.55. The van der Waals surface area contributed by atoms with Gasteiger partial charge in [0.2, 0.25) is 0 Å². The van der Waals surface area contributed by atoms with E-state index in [1.165, 1.54) is 6.42 Å². The molecule has 88 valence electrons. The van der Waals surface area contributed by atoms with Crippen molar-refractivity contribution in [1.29, 1.82) is 0 Å². The van der Waals surface area contributed by atoms with E-state index in [-0.39, 0.29) is 5.54 Å². The fourth-order valence-electron chi connectivity index (χ4n) is 2.05. The third kappa shape index (κ3) is 1.74. The minimum absolute atomic E-state index is 0.233. The zero-order valence-corrected chi connectivity index (χ0v) is 10.3. The van der Waals surface area contributed by atoms with Crippen molar-refractivity contribution in [3.63, 3.8) is 0 Å². The van der Waals surface area contributed by atoms with E-state index in [1.807, 2.05) is 12.1 Å². The third-order valence-corrected chi connectivity index (χ3v) is 3.54. The van der Waals surface area contributed by atoms with E-state index in [0.717, 1.165) is 18.4 Å². The van der Waals surface area contributed by atoms with Crippen molar-refractivity contribution in [3.05, 3.63) is 22.7 Å². The molecular formula is C12H16ClNO2. The number of methoxy groups -OCH3 is 2. The second-order valence-corrected chi connectivity index (χ2v) is 4.61. The number of benzene rings is 1. The summed E-state index contributed by atoms with van der Waals surface area (Å²) < 4.78 is 10.4. The lowest BCUT2D eigenvalue weighted by Gasteiger charge is -2.39. The molecule has 0 unspecified atom stereocenters. The first kappa shape index (κ1) is 11.6. The summed E-state index contributed by atoms with van der Waals surface area (Å²) in [5, 5.41) is 0.550. The van der Waals surface area contributed by atoms with Gasteiger partial charge >= 0.3 is 0 Å². The highest BCUT2D eigenvalue weighted by Crippen LogP contribution is 2.44. The van der Waals surface area contributed by atoms with E-state index in [4.69, 9.17) is 26.8 Å². The lowest BCUT2D eigenvalue weighted by atomic mass is 9.73. The molecule has 1 saturated carbocycles. The van der Waals surface area contributed by atoms with Crippen LogP contribution in [0.5, 0.6) is 11.5 Å². The van der Waals surface area contributed by atoms with Crippen LogP contribution >= 0.6 is 11.6 Å². The molecule has 0 bridgehead atoms. The van der Waals surface area contributed by atoms with Gasteiger partial charge in [0.1, 0.15) is 0 Å². The fourth-order valence-corrected chi connectivity index (χ4v) is 2.34. The minimum atomic E-state index is -0.233. The van der Waals surface area contributed by atoms with Gasteiger partial charge in [0, 0.05) is 5.54 Å². The molecule has 1 fully saturated rings. The Bertz CT molecular complexity index is 402. The quantitative estimate of drug-likeness (QED) is 0.885. The van der Waals surface area contributed by atoms with Crippen LogP contribution in [0.25, 0.3) is 0 Å². The summed E-state index contributed by atoms with van der Waals surface area (Å²) >= 11 is 6.14. The van der Waals surface area contributed by atoms with Gasteiger partial charge in [-0.1, -0.05) is 11.6 Å². The number of nitrogens with two attached hydrogens (primary N) is 1. The molecule has 0 radical (unpaired) electrons. The van der Waals surface area contributed by atoms with Crippen LogP contribution in [0.15, 0.2) is 12.1 Å². The van der Waals surface area contributed by atoms with Gasteiger partial charge in [0.05, 0.1) is 19.2 Å². The molecule has 0 heterocycles. The van der Waals surface area contributed by atoms with Crippen LogP contribution in [0.4, 0.5) is 0 Å².